The van der Waals surface area contributed by atoms with E-state index in [0.29, 0.717) is 0 Å². The zero-order valence-electron chi connectivity index (χ0n) is 21.4. The predicted molar refractivity (Wildman–Crippen MR) is 132 cm³/mol. The smallest absolute Gasteiger partial charge is 0.308 e. The third kappa shape index (κ3) is 7.83. The molecule has 0 atom stereocenters. The number of rotatable bonds is 16. The lowest BCUT2D eigenvalue weighted by atomic mass is 10.3. The Labute approximate surface area is 196 Å². The average Bonchev–Trinajstić information content (AvgIpc) is 2.74. The van der Waals surface area contributed by atoms with Gasteiger partial charge in [-0.05, 0) is 47.1 Å². The monoisotopic (exact) mass is 465 g/mol. The Balaban J connectivity index is 0.00000841. The van der Waals surface area contributed by atoms with Gasteiger partial charge in [0.2, 0.25) is 0 Å². The summed E-state index contributed by atoms with van der Waals surface area (Å²) in [5.74, 6) is 0. The van der Waals surface area contributed by atoms with Crippen molar-refractivity contribution in [3.05, 3.63) is 0 Å². The molecule has 0 aliphatic carbocycles. The van der Waals surface area contributed by atoms with Gasteiger partial charge < -0.3 is 17.3 Å². The van der Waals surface area contributed by atoms with Crippen LogP contribution in [0.25, 0.3) is 0 Å². The van der Waals surface area contributed by atoms with E-state index in [1.54, 1.807) is 0 Å². The van der Waals surface area contributed by atoms with E-state index in [4.69, 9.17) is 0 Å². The summed E-state index contributed by atoms with van der Waals surface area (Å²) in [5.41, 5.74) is 0. The number of hydrogen-bond acceptors (Lipinski definition) is 5. The first kappa shape index (κ1) is 30.5. The molecule has 1 aliphatic rings. The van der Waals surface area contributed by atoms with Crippen LogP contribution in [0, 0.1) is 0 Å². The van der Waals surface area contributed by atoms with Crippen molar-refractivity contribution in [1.82, 2.24) is 23.6 Å². The van der Waals surface area contributed by atoms with Gasteiger partial charge in [0.15, 0.2) is 0 Å². The SMILES string of the molecule is CCCCN(CC)[P+](N(CC)CCCC)(N(CC)CCCC)N1CCN(C)CC1.[Cl-]. The normalized spacial score (nSPS) is 16.6. The van der Waals surface area contributed by atoms with E-state index in [1.807, 2.05) is 0 Å². The van der Waals surface area contributed by atoms with Crippen molar-refractivity contribution in [3.63, 3.8) is 0 Å². The molecule has 1 aliphatic heterocycles. The van der Waals surface area contributed by atoms with Gasteiger partial charge in [-0.15, -0.1) is 18.7 Å². The summed E-state index contributed by atoms with van der Waals surface area (Å²) in [6.07, 6.45) is 7.75. The van der Waals surface area contributed by atoms with Crippen LogP contribution < -0.4 is 12.4 Å². The summed E-state index contributed by atoms with van der Waals surface area (Å²) in [6, 6.07) is 0. The molecule has 1 saturated heterocycles. The van der Waals surface area contributed by atoms with Crippen LogP contribution in [0.5, 0.6) is 0 Å². The molecular formula is C23H53ClN5P. The van der Waals surface area contributed by atoms with Crippen LogP contribution in [0.2, 0.25) is 0 Å². The van der Waals surface area contributed by atoms with Gasteiger partial charge >= 0.3 is 7.87 Å². The quantitative estimate of drug-likeness (QED) is 0.324. The maximum atomic E-state index is 2.95. The first-order valence-corrected chi connectivity index (χ1v) is 14.3. The second-order valence-electron chi connectivity index (χ2n) is 8.49. The number of nitrogens with zero attached hydrogens (tertiary/aromatic N) is 5. The van der Waals surface area contributed by atoms with E-state index in [-0.39, 0.29) is 12.4 Å². The molecule has 1 fully saturated rings. The van der Waals surface area contributed by atoms with Crippen LogP contribution in [0.15, 0.2) is 0 Å². The Hall–Kier alpha value is 0.520. The zero-order valence-corrected chi connectivity index (χ0v) is 23.0. The van der Waals surface area contributed by atoms with Gasteiger partial charge in [-0.1, -0.05) is 40.0 Å². The van der Waals surface area contributed by atoms with Gasteiger partial charge in [0.1, 0.15) is 0 Å². The number of likely N-dealkylation sites (N-methyl/N-ethyl adjacent to an activating group) is 1. The van der Waals surface area contributed by atoms with Gasteiger partial charge in [-0.2, -0.15) is 0 Å². The van der Waals surface area contributed by atoms with Gasteiger partial charge in [-0.25, -0.2) is 0 Å². The number of halogens is 1. The van der Waals surface area contributed by atoms with Crippen LogP contribution in [0.1, 0.15) is 80.1 Å². The van der Waals surface area contributed by atoms with E-state index in [2.05, 4.69) is 72.2 Å². The average molecular weight is 466 g/mol. The largest absolute Gasteiger partial charge is 1.00 e. The summed E-state index contributed by atoms with van der Waals surface area (Å²) < 4.78 is 11.7. The molecule has 7 heteroatoms. The van der Waals surface area contributed by atoms with Gasteiger partial charge in [0, 0.05) is 52.4 Å². The summed E-state index contributed by atoms with van der Waals surface area (Å²) in [7, 11) is 0.576. The maximum Gasteiger partial charge on any atom is 0.308 e. The van der Waals surface area contributed by atoms with E-state index in [9.17, 15) is 0 Å². The fourth-order valence-corrected chi connectivity index (χ4v) is 9.84. The fraction of sp³-hybridized carbons (Fsp3) is 1.00. The van der Waals surface area contributed by atoms with E-state index in [1.165, 1.54) is 84.3 Å². The third-order valence-corrected chi connectivity index (χ3v) is 11.3. The molecular weight excluding hydrogens is 413 g/mol. The minimum absolute atomic E-state index is 0. The molecule has 0 aromatic heterocycles. The van der Waals surface area contributed by atoms with Crippen LogP contribution in [-0.2, 0) is 0 Å². The zero-order chi connectivity index (χ0) is 21.7. The third-order valence-electron chi connectivity index (χ3n) is 6.40. The summed E-state index contributed by atoms with van der Waals surface area (Å²) >= 11 is 0. The molecule has 0 unspecified atom stereocenters. The van der Waals surface area contributed by atoms with Crippen molar-refractivity contribution in [3.8, 4) is 0 Å². The van der Waals surface area contributed by atoms with E-state index in [0.717, 1.165) is 19.6 Å². The number of piperazine rings is 1. The number of hydrogen-bond donors (Lipinski definition) is 0. The Morgan fingerprint density at radius 3 is 1.20 bits per heavy atom. The Kier molecular flexibility index (Phi) is 17.4. The molecule has 30 heavy (non-hydrogen) atoms. The van der Waals surface area contributed by atoms with Crippen LogP contribution >= 0.6 is 7.87 Å². The predicted octanol–water partition coefficient (Wildman–Crippen LogP) is 2.28. The summed E-state index contributed by atoms with van der Waals surface area (Å²) in [4.78, 5) is 2.51. The molecule has 182 valence electrons. The maximum absolute atomic E-state index is 2.95. The van der Waals surface area contributed by atoms with Crippen molar-refractivity contribution < 1.29 is 12.4 Å². The highest BCUT2D eigenvalue weighted by atomic mass is 35.5. The van der Waals surface area contributed by atoms with Crippen LogP contribution in [0.3, 0.4) is 0 Å². The second-order valence-corrected chi connectivity index (χ2v) is 11.8. The molecule has 0 saturated carbocycles. The first-order chi connectivity index (χ1) is 14.1. The molecule has 0 amide bonds. The Bertz CT molecular complexity index is 355. The van der Waals surface area contributed by atoms with Crippen molar-refractivity contribution in [2.45, 2.75) is 80.1 Å². The highest BCUT2D eigenvalue weighted by Gasteiger charge is 2.60. The molecule has 0 aromatic carbocycles. The van der Waals surface area contributed by atoms with Crippen molar-refractivity contribution in [2.24, 2.45) is 0 Å². The Morgan fingerprint density at radius 1 is 0.600 bits per heavy atom. The molecule has 0 N–H and O–H groups in total. The van der Waals surface area contributed by atoms with Gasteiger partial charge in [0.05, 0.1) is 13.1 Å². The number of unbranched alkanes of at least 4 members (excludes halogenated alkanes) is 3. The summed E-state index contributed by atoms with van der Waals surface area (Å²) in [5, 5.41) is 0. The van der Waals surface area contributed by atoms with Crippen molar-refractivity contribution in [2.75, 3.05) is 72.5 Å². The Morgan fingerprint density at radius 2 is 0.933 bits per heavy atom. The molecule has 1 heterocycles. The highest BCUT2D eigenvalue weighted by molar-refractivity contribution is 7.66. The van der Waals surface area contributed by atoms with Crippen molar-refractivity contribution >= 4 is 7.87 Å². The topological polar surface area (TPSA) is 16.2 Å². The van der Waals surface area contributed by atoms with E-state index < -0.39 is 7.87 Å². The molecule has 0 bridgehead atoms. The summed E-state index contributed by atoms with van der Waals surface area (Å²) in [6.45, 7) is 26.2. The van der Waals surface area contributed by atoms with Crippen LogP contribution in [0.4, 0.5) is 0 Å². The lowest BCUT2D eigenvalue weighted by Gasteiger charge is -2.52. The highest BCUT2D eigenvalue weighted by Crippen LogP contribution is 2.70. The van der Waals surface area contributed by atoms with Gasteiger partial charge in [0.25, 0.3) is 0 Å². The molecule has 0 radical (unpaired) electrons. The molecule has 0 aromatic rings. The van der Waals surface area contributed by atoms with Crippen molar-refractivity contribution in [1.29, 1.82) is 0 Å². The fourth-order valence-electron chi connectivity index (χ4n) is 4.61. The molecule has 5 nitrogen and oxygen atoms in total. The second kappa shape index (κ2) is 17.1. The molecule has 0 spiro atoms. The first-order valence-electron chi connectivity index (χ1n) is 12.7. The van der Waals surface area contributed by atoms with E-state index >= 15 is 0 Å². The van der Waals surface area contributed by atoms with Crippen LogP contribution in [-0.4, -0.2) is 96.1 Å². The lowest BCUT2D eigenvalue weighted by Crippen LogP contribution is -3.00. The minimum Gasteiger partial charge on any atom is -1.00 e. The minimum atomic E-state index is -1.71. The molecule has 1 rings (SSSR count). The lowest BCUT2D eigenvalue weighted by molar-refractivity contribution is -0.00000723. The van der Waals surface area contributed by atoms with Gasteiger partial charge in [-0.3, -0.25) is 0 Å². The standard InChI is InChI=1S/C23H53N5P.ClH/c1-8-14-17-25(11-4)29(26(12-5)18-15-9-2,27(13-6)19-16-10-3)28-22-20-24(7)21-23-28;/h8-23H2,1-7H3;1H/q+1;/p-1.